The van der Waals surface area contributed by atoms with E-state index in [0.29, 0.717) is 17.9 Å². The predicted molar refractivity (Wildman–Crippen MR) is 75.2 cm³/mol. The Morgan fingerprint density at radius 1 is 1.41 bits per heavy atom. The monoisotopic (exact) mass is 275 g/mol. The van der Waals surface area contributed by atoms with E-state index >= 15 is 0 Å². The van der Waals surface area contributed by atoms with Crippen LogP contribution in [0.3, 0.4) is 0 Å². The molecule has 1 unspecified atom stereocenters. The number of anilines is 2. The summed E-state index contributed by atoms with van der Waals surface area (Å²) < 4.78 is 0. The first-order chi connectivity index (χ1) is 8.08. The van der Waals surface area contributed by atoms with Gasteiger partial charge in [0, 0.05) is 20.1 Å². The number of nitrogens with zero attached hydrogens (tertiary/aromatic N) is 4. The van der Waals surface area contributed by atoms with Crippen molar-refractivity contribution in [1.82, 2.24) is 15.0 Å². The van der Waals surface area contributed by atoms with Crippen molar-refractivity contribution >= 4 is 35.3 Å². The Hall–Kier alpha value is -0.750. The van der Waals surface area contributed by atoms with Crippen LogP contribution in [-0.2, 0) is 0 Å². The molecule has 1 N–H and O–H groups in total. The van der Waals surface area contributed by atoms with Gasteiger partial charge in [-0.3, -0.25) is 0 Å². The van der Waals surface area contributed by atoms with Crippen molar-refractivity contribution in [2.24, 2.45) is 0 Å². The molecule has 0 saturated heterocycles. The SMILES string of the molecule is CNc1nc(Cl)nc(N(C)C(C)CCSC)n1. The summed E-state index contributed by atoms with van der Waals surface area (Å²) in [7, 11) is 3.72. The topological polar surface area (TPSA) is 53.9 Å². The third-order valence-corrected chi connectivity index (χ3v) is 3.35. The van der Waals surface area contributed by atoms with Crippen molar-refractivity contribution in [2.45, 2.75) is 19.4 Å². The maximum Gasteiger partial charge on any atom is 0.231 e. The average Bonchev–Trinajstić information content (AvgIpc) is 2.34. The molecular formula is C10H18ClN5S. The molecule has 0 aliphatic rings. The Morgan fingerprint density at radius 3 is 2.71 bits per heavy atom. The van der Waals surface area contributed by atoms with Crippen LogP contribution in [0.4, 0.5) is 11.9 Å². The number of nitrogens with one attached hydrogen (secondary N) is 1. The lowest BCUT2D eigenvalue weighted by Gasteiger charge is -2.24. The second kappa shape index (κ2) is 6.86. The number of thioether (sulfide) groups is 1. The number of hydrogen-bond donors (Lipinski definition) is 1. The zero-order valence-corrected chi connectivity index (χ0v) is 12.1. The van der Waals surface area contributed by atoms with E-state index in [2.05, 4.69) is 33.4 Å². The second-order valence-electron chi connectivity index (χ2n) is 3.72. The third-order valence-electron chi connectivity index (χ3n) is 2.54. The fourth-order valence-electron chi connectivity index (χ4n) is 1.29. The molecule has 17 heavy (non-hydrogen) atoms. The van der Waals surface area contributed by atoms with Crippen molar-refractivity contribution in [3.05, 3.63) is 5.28 Å². The molecule has 0 radical (unpaired) electrons. The molecule has 0 amide bonds. The normalized spacial score (nSPS) is 12.3. The van der Waals surface area contributed by atoms with Crippen LogP contribution < -0.4 is 10.2 Å². The van der Waals surface area contributed by atoms with Gasteiger partial charge in [-0.05, 0) is 37.0 Å². The molecule has 1 rings (SSSR count). The minimum Gasteiger partial charge on any atom is -0.357 e. The second-order valence-corrected chi connectivity index (χ2v) is 5.04. The van der Waals surface area contributed by atoms with Gasteiger partial charge in [-0.2, -0.15) is 26.7 Å². The molecule has 96 valence electrons. The molecule has 1 heterocycles. The van der Waals surface area contributed by atoms with Crippen LogP contribution in [0, 0.1) is 0 Å². The summed E-state index contributed by atoms with van der Waals surface area (Å²) in [6.07, 6.45) is 3.18. The van der Waals surface area contributed by atoms with Crippen LogP contribution in [-0.4, -0.2) is 47.1 Å². The first kappa shape index (κ1) is 14.3. The molecule has 7 heteroatoms. The molecule has 0 aromatic carbocycles. The minimum atomic E-state index is 0.211. The first-order valence-electron chi connectivity index (χ1n) is 5.39. The molecule has 0 bridgehead atoms. The highest BCUT2D eigenvalue weighted by Crippen LogP contribution is 2.16. The molecule has 1 aromatic heterocycles. The van der Waals surface area contributed by atoms with Crippen molar-refractivity contribution in [3.63, 3.8) is 0 Å². The fourth-order valence-corrected chi connectivity index (χ4v) is 2.02. The quantitative estimate of drug-likeness (QED) is 0.859. The number of aromatic nitrogens is 3. The molecular weight excluding hydrogens is 258 g/mol. The van der Waals surface area contributed by atoms with Gasteiger partial charge in [0.15, 0.2) is 0 Å². The van der Waals surface area contributed by atoms with Gasteiger partial charge < -0.3 is 10.2 Å². The summed E-state index contributed by atoms with van der Waals surface area (Å²) in [5.74, 6) is 2.20. The zero-order valence-electron chi connectivity index (χ0n) is 10.6. The highest BCUT2D eigenvalue weighted by Gasteiger charge is 2.14. The van der Waals surface area contributed by atoms with Crippen molar-refractivity contribution < 1.29 is 0 Å². The fraction of sp³-hybridized carbons (Fsp3) is 0.700. The van der Waals surface area contributed by atoms with Gasteiger partial charge in [-0.25, -0.2) is 0 Å². The van der Waals surface area contributed by atoms with Gasteiger partial charge in [0.1, 0.15) is 0 Å². The summed E-state index contributed by atoms with van der Waals surface area (Å²) in [5.41, 5.74) is 0. The Bertz CT molecular complexity index is 363. The largest absolute Gasteiger partial charge is 0.357 e. The van der Waals surface area contributed by atoms with Gasteiger partial charge >= 0.3 is 0 Å². The van der Waals surface area contributed by atoms with Crippen LogP contribution in [0.15, 0.2) is 0 Å². The van der Waals surface area contributed by atoms with Gasteiger partial charge in [0.2, 0.25) is 17.2 Å². The predicted octanol–water partition coefficient (Wildman–Crippen LogP) is 2.14. The van der Waals surface area contributed by atoms with E-state index in [1.54, 1.807) is 7.05 Å². The maximum absolute atomic E-state index is 5.85. The summed E-state index contributed by atoms with van der Waals surface area (Å²) >= 11 is 7.68. The Balaban J connectivity index is 2.80. The standard InChI is InChI=1S/C10H18ClN5S/c1-7(5-6-17-4)16(3)10-14-8(11)13-9(12-2)15-10/h7H,5-6H2,1-4H3,(H,12,13,14,15). The molecule has 0 fully saturated rings. The van der Waals surface area contributed by atoms with Crippen LogP contribution in [0.25, 0.3) is 0 Å². The van der Waals surface area contributed by atoms with Crippen LogP contribution >= 0.6 is 23.4 Å². The average molecular weight is 276 g/mol. The highest BCUT2D eigenvalue weighted by molar-refractivity contribution is 7.98. The third kappa shape index (κ3) is 4.20. The smallest absolute Gasteiger partial charge is 0.231 e. The first-order valence-corrected chi connectivity index (χ1v) is 7.16. The summed E-state index contributed by atoms with van der Waals surface area (Å²) in [6.45, 7) is 2.15. The number of hydrogen-bond acceptors (Lipinski definition) is 6. The molecule has 1 aromatic rings. The van der Waals surface area contributed by atoms with Gasteiger partial charge in [0.05, 0.1) is 0 Å². The van der Waals surface area contributed by atoms with E-state index in [-0.39, 0.29) is 5.28 Å². The Labute approximate surface area is 111 Å². The molecule has 1 atom stereocenters. The van der Waals surface area contributed by atoms with Crippen molar-refractivity contribution in [3.8, 4) is 0 Å². The van der Waals surface area contributed by atoms with E-state index in [9.17, 15) is 0 Å². The lowest BCUT2D eigenvalue weighted by Crippen LogP contribution is -2.31. The van der Waals surface area contributed by atoms with E-state index < -0.39 is 0 Å². The van der Waals surface area contributed by atoms with E-state index in [1.165, 1.54) is 0 Å². The van der Waals surface area contributed by atoms with E-state index in [4.69, 9.17) is 11.6 Å². The van der Waals surface area contributed by atoms with E-state index in [1.807, 2.05) is 23.7 Å². The van der Waals surface area contributed by atoms with Gasteiger partial charge in [0.25, 0.3) is 0 Å². The number of halogens is 1. The minimum absolute atomic E-state index is 0.211. The maximum atomic E-state index is 5.85. The molecule has 0 aliphatic heterocycles. The van der Waals surface area contributed by atoms with Crippen LogP contribution in [0.2, 0.25) is 5.28 Å². The van der Waals surface area contributed by atoms with Gasteiger partial charge in [-0.1, -0.05) is 0 Å². The van der Waals surface area contributed by atoms with E-state index in [0.717, 1.165) is 12.2 Å². The highest BCUT2D eigenvalue weighted by atomic mass is 35.5. The Morgan fingerprint density at radius 2 is 2.12 bits per heavy atom. The molecule has 0 aliphatic carbocycles. The van der Waals surface area contributed by atoms with Crippen molar-refractivity contribution in [2.75, 3.05) is 36.3 Å². The number of rotatable bonds is 6. The lowest BCUT2D eigenvalue weighted by molar-refractivity contribution is 0.652. The molecule has 0 saturated carbocycles. The van der Waals surface area contributed by atoms with Gasteiger partial charge in [-0.15, -0.1) is 0 Å². The zero-order chi connectivity index (χ0) is 12.8. The van der Waals surface area contributed by atoms with Crippen molar-refractivity contribution in [1.29, 1.82) is 0 Å². The summed E-state index contributed by atoms with van der Waals surface area (Å²) in [5, 5.41) is 3.08. The molecule has 0 spiro atoms. The lowest BCUT2D eigenvalue weighted by atomic mass is 10.2. The van der Waals surface area contributed by atoms with Crippen LogP contribution in [0.5, 0.6) is 0 Å². The Kier molecular flexibility index (Phi) is 5.77. The molecule has 5 nitrogen and oxygen atoms in total. The summed E-state index contributed by atoms with van der Waals surface area (Å²) in [4.78, 5) is 14.4. The van der Waals surface area contributed by atoms with Crippen LogP contribution in [0.1, 0.15) is 13.3 Å². The summed E-state index contributed by atoms with van der Waals surface area (Å²) in [6, 6.07) is 0.366.